The molecule has 1 saturated carbocycles. The van der Waals surface area contributed by atoms with Gasteiger partial charge in [-0.2, -0.15) is 0 Å². The molecule has 0 bridgehead atoms. The zero-order chi connectivity index (χ0) is 7.90. The monoisotopic (exact) mass is 154 g/mol. The normalized spacial score (nSPS) is 27.0. The van der Waals surface area contributed by atoms with Crippen molar-refractivity contribution >= 4 is 6.03 Å². The van der Waals surface area contributed by atoms with Crippen molar-refractivity contribution in [2.45, 2.75) is 31.7 Å². The van der Waals surface area contributed by atoms with E-state index in [-0.39, 0.29) is 11.6 Å². The zero-order valence-electron chi connectivity index (χ0n) is 6.89. The molecular weight excluding hydrogens is 140 g/mol. The molecule has 1 aliphatic carbocycles. The summed E-state index contributed by atoms with van der Waals surface area (Å²) >= 11 is 0. The fourth-order valence-corrected chi connectivity index (χ4v) is 1.99. The predicted octanol–water partition coefficient (Wildman–Crippen LogP) is 0.954. The topological polar surface area (TPSA) is 32.3 Å². The van der Waals surface area contributed by atoms with Crippen molar-refractivity contribution in [3.05, 3.63) is 0 Å². The van der Waals surface area contributed by atoms with Gasteiger partial charge in [-0.25, -0.2) is 4.79 Å². The molecule has 2 fully saturated rings. The molecule has 2 rings (SSSR count). The minimum atomic E-state index is 0.135. The van der Waals surface area contributed by atoms with Gasteiger partial charge >= 0.3 is 6.03 Å². The minimum Gasteiger partial charge on any atom is -0.338 e. The third-order valence-electron chi connectivity index (χ3n) is 2.83. The van der Waals surface area contributed by atoms with Gasteiger partial charge in [0.25, 0.3) is 0 Å². The smallest absolute Gasteiger partial charge is 0.317 e. The summed E-state index contributed by atoms with van der Waals surface area (Å²) in [5, 5.41) is 2.87. The number of hydrogen-bond donors (Lipinski definition) is 1. The first-order valence-corrected chi connectivity index (χ1v) is 4.34. The maximum absolute atomic E-state index is 11.3. The number of nitrogens with one attached hydrogen (secondary N) is 1. The molecule has 3 heteroatoms. The van der Waals surface area contributed by atoms with Crippen LogP contribution in [0.15, 0.2) is 0 Å². The van der Waals surface area contributed by atoms with Crippen LogP contribution in [-0.2, 0) is 0 Å². The summed E-state index contributed by atoms with van der Waals surface area (Å²) in [4.78, 5) is 13.3. The van der Waals surface area contributed by atoms with Gasteiger partial charge in [-0.05, 0) is 26.2 Å². The van der Waals surface area contributed by atoms with Crippen LogP contribution in [0, 0.1) is 0 Å². The van der Waals surface area contributed by atoms with E-state index < -0.39 is 0 Å². The Morgan fingerprint density at radius 2 is 2.27 bits per heavy atom. The highest BCUT2D eigenvalue weighted by Crippen LogP contribution is 2.45. The van der Waals surface area contributed by atoms with Gasteiger partial charge in [-0.15, -0.1) is 0 Å². The van der Waals surface area contributed by atoms with Crippen LogP contribution in [0.1, 0.15) is 26.2 Å². The Morgan fingerprint density at radius 3 is 2.73 bits per heavy atom. The van der Waals surface area contributed by atoms with Crippen molar-refractivity contribution in [1.82, 2.24) is 10.2 Å². The quantitative estimate of drug-likeness (QED) is 0.599. The molecule has 0 unspecified atom stereocenters. The Balaban J connectivity index is 2.14. The van der Waals surface area contributed by atoms with E-state index in [0.29, 0.717) is 0 Å². The van der Waals surface area contributed by atoms with E-state index in [1.54, 1.807) is 0 Å². The van der Waals surface area contributed by atoms with Gasteiger partial charge in [0.05, 0.1) is 0 Å². The van der Waals surface area contributed by atoms with E-state index in [1.807, 2.05) is 11.8 Å². The Morgan fingerprint density at radius 1 is 1.55 bits per heavy atom. The summed E-state index contributed by atoms with van der Waals surface area (Å²) in [5.74, 6) is 0. The minimum absolute atomic E-state index is 0.135. The van der Waals surface area contributed by atoms with Crippen LogP contribution < -0.4 is 5.32 Å². The molecule has 0 radical (unpaired) electrons. The molecule has 1 saturated heterocycles. The van der Waals surface area contributed by atoms with Gasteiger partial charge in [0, 0.05) is 18.6 Å². The molecule has 3 nitrogen and oxygen atoms in total. The first-order chi connectivity index (χ1) is 5.28. The lowest BCUT2D eigenvalue weighted by atomic mass is 10.1. The number of rotatable bonds is 1. The van der Waals surface area contributed by atoms with Gasteiger partial charge < -0.3 is 10.2 Å². The summed E-state index contributed by atoms with van der Waals surface area (Å²) in [5.41, 5.74) is 0.289. The number of urea groups is 1. The Labute approximate surface area is 66.8 Å². The molecule has 0 aromatic rings. The molecule has 0 atom stereocenters. The highest BCUT2D eigenvalue weighted by molar-refractivity contribution is 5.76. The average Bonchev–Trinajstić information content (AvgIpc) is 2.70. The number of hydrogen-bond acceptors (Lipinski definition) is 1. The van der Waals surface area contributed by atoms with E-state index in [1.165, 1.54) is 12.8 Å². The molecule has 2 amide bonds. The second-order valence-electron chi connectivity index (χ2n) is 3.45. The molecule has 62 valence electrons. The number of carbonyl (C=O) groups excluding carboxylic acids is 1. The Bertz CT molecular complexity index is 187. The van der Waals surface area contributed by atoms with E-state index in [2.05, 4.69) is 5.32 Å². The van der Waals surface area contributed by atoms with Crippen LogP contribution in [0.5, 0.6) is 0 Å². The lowest BCUT2D eigenvalue weighted by molar-refractivity contribution is 0.148. The van der Waals surface area contributed by atoms with Crippen molar-refractivity contribution in [3.63, 3.8) is 0 Å². The van der Waals surface area contributed by atoms with Crippen LogP contribution in [0.3, 0.4) is 0 Å². The standard InChI is InChI=1S/C8H14N2O/c1-2-10-7(11)9-6-5-8(10)3-4-8/h2-6H2,1H3,(H,9,11). The van der Waals surface area contributed by atoms with Gasteiger partial charge in [-0.3, -0.25) is 0 Å². The third-order valence-corrected chi connectivity index (χ3v) is 2.83. The lowest BCUT2D eigenvalue weighted by Crippen LogP contribution is -2.53. The lowest BCUT2D eigenvalue weighted by Gasteiger charge is -2.35. The Kier molecular flexibility index (Phi) is 1.34. The number of amides is 2. The molecule has 2 aliphatic rings. The molecule has 11 heavy (non-hydrogen) atoms. The molecule has 1 spiro atoms. The first-order valence-electron chi connectivity index (χ1n) is 4.34. The summed E-state index contributed by atoms with van der Waals surface area (Å²) in [6.45, 7) is 3.77. The van der Waals surface area contributed by atoms with Crippen molar-refractivity contribution < 1.29 is 4.79 Å². The van der Waals surface area contributed by atoms with E-state index in [9.17, 15) is 4.79 Å². The summed E-state index contributed by atoms with van der Waals surface area (Å²) in [6.07, 6.45) is 3.58. The first kappa shape index (κ1) is 6.95. The van der Waals surface area contributed by atoms with Crippen molar-refractivity contribution in [2.24, 2.45) is 0 Å². The predicted molar refractivity (Wildman–Crippen MR) is 42.4 cm³/mol. The molecular formula is C8H14N2O. The number of carbonyl (C=O) groups is 1. The van der Waals surface area contributed by atoms with Crippen molar-refractivity contribution in [2.75, 3.05) is 13.1 Å². The highest BCUT2D eigenvalue weighted by Gasteiger charge is 2.50. The van der Waals surface area contributed by atoms with Crippen LogP contribution in [-0.4, -0.2) is 29.6 Å². The van der Waals surface area contributed by atoms with Crippen LogP contribution >= 0.6 is 0 Å². The fraction of sp³-hybridized carbons (Fsp3) is 0.875. The fourth-order valence-electron chi connectivity index (χ4n) is 1.99. The van der Waals surface area contributed by atoms with Crippen molar-refractivity contribution in [3.8, 4) is 0 Å². The van der Waals surface area contributed by atoms with Crippen molar-refractivity contribution in [1.29, 1.82) is 0 Å². The molecule has 1 aliphatic heterocycles. The maximum Gasteiger partial charge on any atom is 0.317 e. The van der Waals surface area contributed by atoms with E-state index in [0.717, 1.165) is 19.5 Å². The molecule has 1 heterocycles. The third kappa shape index (κ3) is 0.905. The average molecular weight is 154 g/mol. The van der Waals surface area contributed by atoms with Gasteiger partial charge in [0.15, 0.2) is 0 Å². The second-order valence-corrected chi connectivity index (χ2v) is 3.45. The van der Waals surface area contributed by atoms with Crippen LogP contribution in [0.2, 0.25) is 0 Å². The Hall–Kier alpha value is -0.730. The maximum atomic E-state index is 11.3. The zero-order valence-corrected chi connectivity index (χ0v) is 6.89. The second kappa shape index (κ2) is 2.13. The van der Waals surface area contributed by atoms with Gasteiger partial charge in [0.1, 0.15) is 0 Å². The van der Waals surface area contributed by atoms with Gasteiger partial charge in [-0.1, -0.05) is 0 Å². The van der Waals surface area contributed by atoms with Crippen LogP contribution in [0.4, 0.5) is 4.79 Å². The van der Waals surface area contributed by atoms with E-state index in [4.69, 9.17) is 0 Å². The summed E-state index contributed by atoms with van der Waals surface area (Å²) < 4.78 is 0. The largest absolute Gasteiger partial charge is 0.338 e. The number of nitrogens with zero attached hydrogens (tertiary/aromatic N) is 1. The van der Waals surface area contributed by atoms with Crippen LogP contribution in [0.25, 0.3) is 0 Å². The highest BCUT2D eigenvalue weighted by atomic mass is 16.2. The molecule has 0 aromatic heterocycles. The van der Waals surface area contributed by atoms with E-state index >= 15 is 0 Å². The SMILES string of the molecule is CCN1C(=O)NCCC12CC2. The summed E-state index contributed by atoms with van der Waals surface area (Å²) in [7, 11) is 0. The van der Waals surface area contributed by atoms with Gasteiger partial charge in [0.2, 0.25) is 0 Å². The molecule has 1 N–H and O–H groups in total. The molecule has 0 aromatic carbocycles. The summed E-state index contributed by atoms with van der Waals surface area (Å²) in [6, 6.07) is 0.135.